The third kappa shape index (κ3) is 4.48. The van der Waals surface area contributed by atoms with E-state index >= 15 is 0 Å². The molecule has 6 aromatic rings. The highest BCUT2D eigenvalue weighted by molar-refractivity contribution is 5.94. The molecule has 1 aliphatic heterocycles. The van der Waals surface area contributed by atoms with Gasteiger partial charge in [-0.1, -0.05) is 13.0 Å². The van der Waals surface area contributed by atoms with E-state index in [1.54, 1.807) is 6.20 Å². The van der Waals surface area contributed by atoms with Gasteiger partial charge in [-0.25, -0.2) is 4.98 Å². The number of rotatable bonds is 6. The molecule has 2 fully saturated rings. The number of aryl methyl sites for hydroxylation is 2. The lowest BCUT2D eigenvalue weighted by Crippen LogP contribution is -2.27. The molecule has 3 N–H and O–H groups in total. The minimum atomic E-state index is 0.207. The summed E-state index contributed by atoms with van der Waals surface area (Å²) >= 11 is 0. The van der Waals surface area contributed by atoms with Crippen LogP contribution in [0, 0.1) is 25.7 Å². The molecule has 4 aromatic heterocycles. The third-order valence-corrected chi connectivity index (χ3v) is 9.67. The number of imidazole rings is 1. The Kier molecular flexibility index (Phi) is 6.17. The Balaban J connectivity index is 1.05. The fraction of sp³-hybridized carbons (Fsp3) is 0.278. The fourth-order valence-corrected chi connectivity index (χ4v) is 7.52. The number of nitrogens with zero attached hydrogens (tertiary/aromatic N) is 4. The van der Waals surface area contributed by atoms with Crippen LogP contribution >= 0.6 is 0 Å². The Morgan fingerprint density at radius 3 is 2.50 bits per heavy atom. The molecule has 8 nitrogen and oxygen atoms in total. The molecule has 4 atom stereocenters. The molecule has 5 heterocycles. The van der Waals surface area contributed by atoms with Gasteiger partial charge in [-0.15, -0.1) is 0 Å². The number of benzene rings is 2. The van der Waals surface area contributed by atoms with Crippen molar-refractivity contribution in [1.82, 2.24) is 24.9 Å². The van der Waals surface area contributed by atoms with E-state index < -0.39 is 0 Å². The first-order valence-electron chi connectivity index (χ1n) is 15.3. The van der Waals surface area contributed by atoms with Crippen LogP contribution in [0.15, 0.2) is 79.1 Å². The standard InChI is InChI=1S/C36H35N7O/c1-20-15-26(11-13-37-20)40-25-6-9-30-33(18-25)43-35(42-30)31-10-7-27(19-38-31)41-32-16-21(2)39-29-8-5-24(17-28(29)32)36-12-14-44-23(4)34(36)22(36)3/h5-11,13,15-19,22-23,34H,12,14H2,1-4H3,(H,37,40)(H,39,41)(H,42,43)/t22-,23+,34-,36-/m1/s1. The maximum atomic E-state index is 6.00. The van der Waals surface area contributed by atoms with Gasteiger partial charge < -0.3 is 20.4 Å². The van der Waals surface area contributed by atoms with Crippen molar-refractivity contribution < 1.29 is 4.74 Å². The topological polar surface area (TPSA) is 101 Å². The summed E-state index contributed by atoms with van der Waals surface area (Å²) in [4.78, 5) is 22.1. The molecule has 0 spiro atoms. The number of fused-ring (bicyclic) bond motifs is 3. The Morgan fingerprint density at radius 2 is 1.66 bits per heavy atom. The largest absolute Gasteiger partial charge is 0.378 e. The van der Waals surface area contributed by atoms with Crippen LogP contribution < -0.4 is 10.6 Å². The van der Waals surface area contributed by atoms with Crippen molar-refractivity contribution in [2.45, 2.75) is 45.6 Å². The second-order valence-electron chi connectivity index (χ2n) is 12.4. The highest BCUT2D eigenvalue weighted by atomic mass is 16.5. The number of aromatic amines is 1. The van der Waals surface area contributed by atoms with Crippen LogP contribution in [0.5, 0.6) is 0 Å². The molecule has 1 saturated heterocycles. The Bertz CT molecular complexity index is 2040. The molecule has 0 unspecified atom stereocenters. The predicted octanol–water partition coefficient (Wildman–Crippen LogP) is 7.98. The van der Waals surface area contributed by atoms with Gasteiger partial charge in [-0.2, -0.15) is 0 Å². The molecule has 1 aliphatic carbocycles. The minimum absolute atomic E-state index is 0.207. The second-order valence-corrected chi connectivity index (χ2v) is 12.4. The van der Waals surface area contributed by atoms with Gasteiger partial charge in [0, 0.05) is 52.1 Å². The molecule has 1 saturated carbocycles. The van der Waals surface area contributed by atoms with Crippen LogP contribution in [0.4, 0.5) is 22.7 Å². The number of anilines is 4. The van der Waals surface area contributed by atoms with Crippen molar-refractivity contribution in [3.8, 4) is 11.5 Å². The zero-order valence-electron chi connectivity index (χ0n) is 25.3. The maximum absolute atomic E-state index is 6.00. The van der Waals surface area contributed by atoms with Crippen molar-refractivity contribution in [2.75, 3.05) is 17.2 Å². The van der Waals surface area contributed by atoms with E-state index in [1.165, 1.54) is 5.56 Å². The monoisotopic (exact) mass is 581 g/mol. The summed E-state index contributed by atoms with van der Waals surface area (Å²) in [5.74, 6) is 1.93. The number of pyridine rings is 3. The summed E-state index contributed by atoms with van der Waals surface area (Å²) in [6.45, 7) is 9.45. The summed E-state index contributed by atoms with van der Waals surface area (Å²) < 4.78 is 6.00. The Morgan fingerprint density at radius 1 is 0.818 bits per heavy atom. The molecule has 44 heavy (non-hydrogen) atoms. The van der Waals surface area contributed by atoms with E-state index in [-0.39, 0.29) is 5.41 Å². The zero-order valence-corrected chi connectivity index (χ0v) is 25.3. The van der Waals surface area contributed by atoms with Gasteiger partial charge in [0.15, 0.2) is 5.82 Å². The number of hydrogen-bond acceptors (Lipinski definition) is 7. The lowest BCUT2D eigenvalue weighted by molar-refractivity contribution is 0.0121. The normalized spacial score (nSPS) is 22.6. The maximum Gasteiger partial charge on any atom is 0.157 e. The van der Waals surface area contributed by atoms with E-state index in [2.05, 4.69) is 70.8 Å². The SMILES string of the molecule is Cc1cc(Nc2ccc3nc(-c4ccc(Nc5cc(C)nc6ccc([C@]78CCO[C@@H](C)[C@H]7[C@H]8C)cc56)cn4)[nH]c3c2)ccn1. The van der Waals surface area contributed by atoms with Gasteiger partial charge >= 0.3 is 0 Å². The van der Waals surface area contributed by atoms with Gasteiger partial charge in [0.2, 0.25) is 0 Å². The quantitative estimate of drug-likeness (QED) is 0.183. The van der Waals surface area contributed by atoms with Crippen LogP contribution in [-0.2, 0) is 10.2 Å². The van der Waals surface area contributed by atoms with Crippen molar-refractivity contribution in [2.24, 2.45) is 11.8 Å². The van der Waals surface area contributed by atoms with Crippen LogP contribution in [0.2, 0.25) is 0 Å². The molecule has 2 aromatic carbocycles. The van der Waals surface area contributed by atoms with Crippen LogP contribution in [-0.4, -0.2) is 37.6 Å². The third-order valence-electron chi connectivity index (χ3n) is 9.67. The lowest BCUT2D eigenvalue weighted by Gasteiger charge is -2.27. The smallest absolute Gasteiger partial charge is 0.157 e. The molecule has 0 bridgehead atoms. The van der Waals surface area contributed by atoms with Crippen molar-refractivity contribution in [3.63, 3.8) is 0 Å². The number of hydrogen-bond donors (Lipinski definition) is 3. The average molecular weight is 582 g/mol. The minimum Gasteiger partial charge on any atom is -0.378 e. The van der Waals surface area contributed by atoms with Gasteiger partial charge in [0.25, 0.3) is 0 Å². The number of nitrogens with one attached hydrogen (secondary N) is 3. The second kappa shape index (κ2) is 10.1. The molecular weight excluding hydrogens is 546 g/mol. The highest BCUT2D eigenvalue weighted by Gasteiger charge is 2.66. The summed E-state index contributed by atoms with van der Waals surface area (Å²) in [6.07, 6.45) is 5.05. The van der Waals surface area contributed by atoms with Crippen molar-refractivity contribution in [3.05, 3.63) is 96.1 Å². The summed E-state index contributed by atoms with van der Waals surface area (Å²) in [5, 5.41) is 8.21. The average Bonchev–Trinajstić information content (AvgIpc) is 3.42. The predicted molar refractivity (Wildman–Crippen MR) is 176 cm³/mol. The number of ether oxygens (including phenoxy) is 1. The van der Waals surface area contributed by atoms with E-state index in [4.69, 9.17) is 19.7 Å². The first-order chi connectivity index (χ1) is 21.4. The van der Waals surface area contributed by atoms with E-state index in [9.17, 15) is 0 Å². The van der Waals surface area contributed by atoms with Crippen LogP contribution in [0.25, 0.3) is 33.5 Å². The van der Waals surface area contributed by atoms with Crippen molar-refractivity contribution in [1.29, 1.82) is 0 Å². The molecule has 2 aliphatic rings. The first-order valence-corrected chi connectivity index (χ1v) is 15.3. The van der Waals surface area contributed by atoms with E-state index in [0.29, 0.717) is 17.9 Å². The Labute approximate surface area is 256 Å². The lowest BCUT2D eigenvalue weighted by atomic mass is 9.85. The van der Waals surface area contributed by atoms with E-state index in [1.807, 2.05) is 50.4 Å². The van der Waals surface area contributed by atoms with Gasteiger partial charge in [-0.3, -0.25) is 15.0 Å². The van der Waals surface area contributed by atoms with Gasteiger partial charge in [0.1, 0.15) is 5.69 Å². The molecule has 0 radical (unpaired) electrons. The summed E-state index contributed by atoms with van der Waals surface area (Å²) in [6, 6.07) is 23.1. The summed E-state index contributed by atoms with van der Waals surface area (Å²) in [7, 11) is 0. The van der Waals surface area contributed by atoms with Gasteiger partial charge in [-0.05, 0) is 105 Å². The zero-order chi connectivity index (χ0) is 30.0. The first kappa shape index (κ1) is 26.8. The molecule has 8 heteroatoms. The number of H-pyrrole nitrogens is 1. The van der Waals surface area contributed by atoms with Crippen LogP contribution in [0.3, 0.4) is 0 Å². The highest BCUT2D eigenvalue weighted by Crippen LogP contribution is 2.66. The molecular formula is C36H35N7O. The molecule has 8 rings (SSSR count). The fourth-order valence-electron chi connectivity index (χ4n) is 7.52. The molecule has 220 valence electrons. The van der Waals surface area contributed by atoms with Gasteiger partial charge in [0.05, 0.1) is 34.5 Å². The molecule has 0 amide bonds. The number of aromatic nitrogens is 5. The Hall–Kier alpha value is -4.82. The van der Waals surface area contributed by atoms with Crippen LogP contribution in [0.1, 0.15) is 37.2 Å². The van der Waals surface area contributed by atoms with E-state index in [0.717, 1.165) is 80.6 Å². The summed E-state index contributed by atoms with van der Waals surface area (Å²) in [5.41, 5.74) is 11.1. The van der Waals surface area contributed by atoms with Crippen molar-refractivity contribution >= 4 is 44.7 Å².